The van der Waals surface area contributed by atoms with Gasteiger partial charge in [0, 0.05) is 18.7 Å². The van der Waals surface area contributed by atoms with E-state index >= 15 is 0 Å². The van der Waals surface area contributed by atoms with Crippen molar-refractivity contribution in [2.24, 2.45) is 5.73 Å². The molecule has 1 heterocycles. The van der Waals surface area contributed by atoms with Crippen LogP contribution in [0, 0.1) is 0 Å². The first-order valence-corrected chi connectivity index (χ1v) is 4.19. The molecule has 0 spiro atoms. The zero-order chi connectivity index (χ0) is 9.68. The third-order valence-corrected chi connectivity index (χ3v) is 1.74. The lowest BCUT2D eigenvalue weighted by molar-refractivity contribution is 0.264. The third kappa shape index (κ3) is 3.12. The van der Waals surface area contributed by atoms with Crippen molar-refractivity contribution in [3.63, 3.8) is 0 Å². The fourth-order valence-electron chi connectivity index (χ4n) is 1.06. The second kappa shape index (κ2) is 4.94. The van der Waals surface area contributed by atoms with E-state index in [1.165, 1.54) is 0 Å². The van der Waals surface area contributed by atoms with E-state index in [2.05, 4.69) is 4.98 Å². The maximum Gasteiger partial charge on any atom is 0.107 e. The number of aryl methyl sites for hydroxylation is 1. The monoisotopic (exact) mass is 187 g/mol. The van der Waals surface area contributed by atoms with Crippen LogP contribution in [-0.4, -0.2) is 34.0 Å². The summed E-state index contributed by atoms with van der Waals surface area (Å²) >= 11 is 0. The Labute approximate surface area is 76.2 Å². The summed E-state index contributed by atoms with van der Waals surface area (Å²) in [4.78, 5) is 4.03. The van der Waals surface area contributed by atoms with Crippen molar-refractivity contribution < 1.29 is 9.50 Å². The summed E-state index contributed by atoms with van der Waals surface area (Å²) in [5.41, 5.74) is 6.30. The maximum atomic E-state index is 11.9. The van der Waals surface area contributed by atoms with Gasteiger partial charge in [-0.2, -0.15) is 0 Å². The molecule has 1 rings (SSSR count). The Morgan fingerprint density at radius 1 is 1.69 bits per heavy atom. The van der Waals surface area contributed by atoms with Gasteiger partial charge in [-0.15, -0.1) is 0 Å². The topological polar surface area (TPSA) is 64.1 Å². The zero-order valence-electron chi connectivity index (χ0n) is 7.36. The van der Waals surface area contributed by atoms with Crippen molar-refractivity contribution in [3.05, 3.63) is 18.2 Å². The standard InChI is InChI=1S/C8H14FN3O/c9-1-2-12-4-8(11-6-12)3-7(10)5-13/h4,6-7,13H,1-3,5,10H2. The van der Waals surface area contributed by atoms with Gasteiger partial charge in [0.05, 0.1) is 25.2 Å². The van der Waals surface area contributed by atoms with Crippen LogP contribution in [0.2, 0.25) is 0 Å². The van der Waals surface area contributed by atoms with Gasteiger partial charge in [-0.25, -0.2) is 9.37 Å². The smallest absolute Gasteiger partial charge is 0.107 e. The molecule has 0 aliphatic rings. The highest BCUT2D eigenvalue weighted by Gasteiger charge is 2.04. The summed E-state index contributed by atoms with van der Waals surface area (Å²) in [6, 6.07) is -0.284. The lowest BCUT2D eigenvalue weighted by Crippen LogP contribution is -2.26. The van der Waals surface area contributed by atoms with Crippen LogP contribution in [0.15, 0.2) is 12.5 Å². The van der Waals surface area contributed by atoms with Crippen LogP contribution in [0.1, 0.15) is 5.69 Å². The van der Waals surface area contributed by atoms with Gasteiger partial charge in [0.15, 0.2) is 0 Å². The summed E-state index contributed by atoms with van der Waals surface area (Å²) < 4.78 is 13.6. The molecule has 3 N–H and O–H groups in total. The first-order valence-electron chi connectivity index (χ1n) is 4.19. The van der Waals surface area contributed by atoms with E-state index in [0.717, 1.165) is 5.69 Å². The van der Waals surface area contributed by atoms with E-state index in [0.29, 0.717) is 13.0 Å². The number of hydrogen-bond donors (Lipinski definition) is 2. The van der Waals surface area contributed by atoms with E-state index in [1.54, 1.807) is 17.1 Å². The highest BCUT2D eigenvalue weighted by Crippen LogP contribution is 1.99. The lowest BCUT2D eigenvalue weighted by Gasteiger charge is -2.03. The van der Waals surface area contributed by atoms with Gasteiger partial charge >= 0.3 is 0 Å². The second-order valence-corrected chi connectivity index (χ2v) is 2.94. The number of rotatable bonds is 5. The van der Waals surface area contributed by atoms with Crippen molar-refractivity contribution in [1.29, 1.82) is 0 Å². The number of aromatic nitrogens is 2. The van der Waals surface area contributed by atoms with Crippen molar-refractivity contribution in [2.75, 3.05) is 13.3 Å². The normalized spacial score (nSPS) is 13.2. The molecule has 1 unspecified atom stereocenters. The highest BCUT2D eigenvalue weighted by atomic mass is 19.1. The fourth-order valence-corrected chi connectivity index (χ4v) is 1.06. The van der Waals surface area contributed by atoms with Crippen LogP contribution < -0.4 is 5.73 Å². The van der Waals surface area contributed by atoms with E-state index in [1.807, 2.05) is 0 Å². The molecule has 0 bridgehead atoms. The molecule has 0 saturated carbocycles. The van der Waals surface area contributed by atoms with E-state index in [-0.39, 0.29) is 12.6 Å². The molecule has 0 radical (unpaired) electrons. The Morgan fingerprint density at radius 3 is 3.08 bits per heavy atom. The van der Waals surface area contributed by atoms with Gasteiger partial charge in [0.25, 0.3) is 0 Å². The number of hydrogen-bond acceptors (Lipinski definition) is 3. The molecule has 0 saturated heterocycles. The van der Waals surface area contributed by atoms with Gasteiger partial charge in [-0.05, 0) is 0 Å². The number of aliphatic hydroxyl groups is 1. The average Bonchev–Trinajstić information content (AvgIpc) is 2.53. The van der Waals surface area contributed by atoms with E-state index in [9.17, 15) is 4.39 Å². The Hall–Kier alpha value is -0.940. The molecule has 0 aliphatic carbocycles. The molecule has 1 atom stereocenters. The summed E-state index contributed by atoms with van der Waals surface area (Å²) in [5.74, 6) is 0. The van der Waals surface area contributed by atoms with Crippen LogP contribution in [0.25, 0.3) is 0 Å². The molecule has 74 valence electrons. The summed E-state index contributed by atoms with van der Waals surface area (Å²) in [6.07, 6.45) is 3.84. The zero-order valence-corrected chi connectivity index (χ0v) is 7.36. The van der Waals surface area contributed by atoms with Crippen LogP contribution in [0.4, 0.5) is 4.39 Å². The van der Waals surface area contributed by atoms with Crippen molar-refractivity contribution in [1.82, 2.24) is 9.55 Å². The molecule has 13 heavy (non-hydrogen) atoms. The van der Waals surface area contributed by atoms with Gasteiger partial charge in [0.1, 0.15) is 6.67 Å². The average molecular weight is 187 g/mol. The van der Waals surface area contributed by atoms with Crippen LogP contribution >= 0.6 is 0 Å². The minimum Gasteiger partial charge on any atom is -0.395 e. The molecule has 0 aromatic carbocycles. The summed E-state index contributed by atoms with van der Waals surface area (Å²) in [7, 11) is 0. The Kier molecular flexibility index (Phi) is 3.85. The number of halogens is 1. The van der Waals surface area contributed by atoms with Crippen molar-refractivity contribution in [3.8, 4) is 0 Å². The van der Waals surface area contributed by atoms with E-state index < -0.39 is 6.67 Å². The van der Waals surface area contributed by atoms with Gasteiger partial charge in [-0.1, -0.05) is 0 Å². The van der Waals surface area contributed by atoms with Crippen LogP contribution in [0.5, 0.6) is 0 Å². The van der Waals surface area contributed by atoms with Crippen LogP contribution in [-0.2, 0) is 13.0 Å². The maximum absolute atomic E-state index is 11.9. The molecule has 0 aliphatic heterocycles. The van der Waals surface area contributed by atoms with E-state index in [4.69, 9.17) is 10.8 Å². The molecule has 0 amide bonds. The molecule has 1 aromatic heterocycles. The Balaban J connectivity index is 2.48. The summed E-state index contributed by atoms with van der Waals surface area (Å²) in [5, 5.41) is 8.69. The highest BCUT2D eigenvalue weighted by molar-refractivity contribution is 4.99. The molecule has 5 heteroatoms. The molecular weight excluding hydrogens is 173 g/mol. The quantitative estimate of drug-likeness (QED) is 0.666. The number of nitrogens with two attached hydrogens (primary N) is 1. The number of aliphatic hydroxyl groups excluding tert-OH is 1. The largest absolute Gasteiger partial charge is 0.395 e. The predicted molar refractivity (Wildman–Crippen MR) is 47.0 cm³/mol. The fraction of sp³-hybridized carbons (Fsp3) is 0.625. The van der Waals surface area contributed by atoms with Crippen molar-refractivity contribution in [2.45, 2.75) is 19.0 Å². The SMILES string of the molecule is NC(CO)Cc1cn(CCF)cn1. The molecule has 4 nitrogen and oxygen atoms in total. The first kappa shape index (κ1) is 10.1. The third-order valence-electron chi connectivity index (χ3n) is 1.74. The number of imidazole rings is 1. The van der Waals surface area contributed by atoms with Crippen molar-refractivity contribution >= 4 is 0 Å². The minimum absolute atomic E-state index is 0.0596. The first-order chi connectivity index (χ1) is 6.26. The minimum atomic E-state index is -0.401. The Morgan fingerprint density at radius 2 is 2.46 bits per heavy atom. The van der Waals surface area contributed by atoms with Gasteiger partial charge in [-0.3, -0.25) is 0 Å². The van der Waals surface area contributed by atoms with Crippen LogP contribution in [0.3, 0.4) is 0 Å². The molecule has 1 aromatic rings. The molecular formula is C8H14FN3O. The molecule has 0 fully saturated rings. The Bertz CT molecular complexity index is 251. The van der Waals surface area contributed by atoms with Gasteiger partial charge < -0.3 is 15.4 Å². The van der Waals surface area contributed by atoms with Gasteiger partial charge in [0.2, 0.25) is 0 Å². The second-order valence-electron chi connectivity index (χ2n) is 2.94. The number of nitrogens with zero attached hydrogens (tertiary/aromatic N) is 2. The lowest BCUT2D eigenvalue weighted by atomic mass is 10.2. The predicted octanol–water partition coefficient (Wildman–Crippen LogP) is -0.285. The summed E-state index contributed by atoms with van der Waals surface area (Å²) in [6.45, 7) is -0.140. The number of alkyl halides is 1.